The summed E-state index contributed by atoms with van der Waals surface area (Å²) in [7, 11) is 0. The molecule has 1 N–H and O–H groups in total. The van der Waals surface area contributed by atoms with E-state index in [4.69, 9.17) is 4.74 Å². The molecule has 1 amide bonds. The van der Waals surface area contributed by atoms with Crippen LogP contribution in [0.5, 0.6) is 5.75 Å². The van der Waals surface area contributed by atoms with Gasteiger partial charge in [-0.25, -0.2) is 0 Å². The van der Waals surface area contributed by atoms with Gasteiger partial charge in [-0.3, -0.25) is 4.79 Å². The Morgan fingerprint density at radius 3 is 2.62 bits per heavy atom. The molecule has 0 fully saturated rings. The first kappa shape index (κ1) is 20.9. The fourth-order valence-corrected chi connectivity index (χ4v) is 3.67. The zero-order chi connectivity index (χ0) is 20.8. The molecule has 1 unspecified atom stereocenters. The third-order valence-electron chi connectivity index (χ3n) is 4.33. The lowest BCUT2D eigenvalue weighted by Crippen LogP contribution is -2.23. The van der Waals surface area contributed by atoms with E-state index in [1.54, 1.807) is 4.68 Å². The first-order valence-corrected chi connectivity index (χ1v) is 10.5. The van der Waals surface area contributed by atoms with Gasteiger partial charge >= 0.3 is 0 Å². The molecule has 3 aromatic rings. The van der Waals surface area contributed by atoms with Crippen LogP contribution in [0.15, 0.2) is 53.7 Å². The van der Waals surface area contributed by atoms with Crippen LogP contribution in [0.3, 0.4) is 0 Å². The number of nitrogens with one attached hydrogen (secondary N) is 1. The van der Waals surface area contributed by atoms with Gasteiger partial charge in [-0.1, -0.05) is 55.9 Å². The van der Waals surface area contributed by atoms with Crippen LogP contribution in [0, 0.1) is 0 Å². The van der Waals surface area contributed by atoms with Gasteiger partial charge < -0.3 is 10.1 Å². The lowest BCUT2D eigenvalue weighted by atomic mass is 10.0. The summed E-state index contributed by atoms with van der Waals surface area (Å²) in [5.41, 5.74) is 2.68. The second kappa shape index (κ2) is 9.56. The van der Waals surface area contributed by atoms with Crippen LogP contribution in [0.25, 0.3) is 5.69 Å². The van der Waals surface area contributed by atoms with E-state index >= 15 is 0 Å². The van der Waals surface area contributed by atoms with Crippen LogP contribution >= 0.6 is 11.8 Å². The molecule has 1 aromatic heterocycles. The number of benzene rings is 2. The molecule has 2 aromatic carbocycles. The number of carbonyl (C=O) groups is 1. The molecule has 8 heteroatoms. The van der Waals surface area contributed by atoms with Gasteiger partial charge in [0.25, 0.3) is 0 Å². The van der Waals surface area contributed by atoms with Crippen LogP contribution in [-0.4, -0.2) is 38.0 Å². The molecule has 0 aliphatic carbocycles. The standard InChI is InChI=1S/C21H25N5O2S/c1-5-28-19-13-9-8-12-18(19)26-21(23-24-25-26)29-15(4)20(27)22-17-11-7-6-10-16(17)14(2)3/h6-15H,5H2,1-4H3,(H,22,27). The molecule has 0 spiro atoms. The number of rotatable bonds is 8. The number of tetrazole rings is 1. The Kier molecular flexibility index (Phi) is 6.87. The summed E-state index contributed by atoms with van der Waals surface area (Å²) in [5.74, 6) is 0.902. The van der Waals surface area contributed by atoms with E-state index in [1.807, 2.05) is 62.4 Å². The molecule has 0 aliphatic rings. The Labute approximate surface area is 174 Å². The van der Waals surface area contributed by atoms with Crippen LogP contribution < -0.4 is 10.1 Å². The summed E-state index contributed by atoms with van der Waals surface area (Å²) in [4.78, 5) is 12.8. The fourth-order valence-electron chi connectivity index (χ4n) is 2.87. The van der Waals surface area contributed by atoms with Crippen LogP contribution in [-0.2, 0) is 4.79 Å². The summed E-state index contributed by atoms with van der Waals surface area (Å²) in [6.45, 7) is 8.51. The van der Waals surface area contributed by atoms with Gasteiger partial charge in [0, 0.05) is 5.69 Å². The van der Waals surface area contributed by atoms with Gasteiger partial charge in [0.05, 0.1) is 11.9 Å². The Balaban J connectivity index is 1.77. The molecule has 7 nitrogen and oxygen atoms in total. The quantitative estimate of drug-likeness (QED) is 0.557. The molecule has 0 radical (unpaired) electrons. The molecule has 0 saturated heterocycles. The highest BCUT2D eigenvalue weighted by molar-refractivity contribution is 8.00. The first-order chi connectivity index (χ1) is 14.0. The SMILES string of the molecule is CCOc1ccccc1-n1nnnc1SC(C)C(=O)Nc1ccccc1C(C)C. The highest BCUT2D eigenvalue weighted by Crippen LogP contribution is 2.29. The molecule has 152 valence electrons. The highest BCUT2D eigenvalue weighted by atomic mass is 32.2. The molecule has 0 bridgehead atoms. The number of carbonyl (C=O) groups excluding carboxylic acids is 1. The van der Waals surface area contributed by atoms with Gasteiger partial charge in [0.1, 0.15) is 11.4 Å². The van der Waals surface area contributed by atoms with Crippen LogP contribution in [0.1, 0.15) is 39.2 Å². The third kappa shape index (κ3) is 4.95. The van der Waals surface area contributed by atoms with Gasteiger partial charge in [0.15, 0.2) is 0 Å². The van der Waals surface area contributed by atoms with Crippen molar-refractivity contribution < 1.29 is 9.53 Å². The van der Waals surface area contributed by atoms with E-state index in [0.29, 0.717) is 23.4 Å². The zero-order valence-corrected chi connectivity index (χ0v) is 17.8. The van der Waals surface area contributed by atoms with Gasteiger partial charge in [-0.15, -0.1) is 5.10 Å². The smallest absolute Gasteiger partial charge is 0.237 e. The maximum atomic E-state index is 12.8. The number of para-hydroxylation sites is 3. The second-order valence-electron chi connectivity index (χ2n) is 6.77. The average molecular weight is 412 g/mol. The molecule has 1 atom stereocenters. The zero-order valence-electron chi connectivity index (χ0n) is 17.0. The highest BCUT2D eigenvalue weighted by Gasteiger charge is 2.21. The maximum Gasteiger partial charge on any atom is 0.237 e. The van der Waals surface area contributed by atoms with E-state index in [1.165, 1.54) is 11.8 Å². The number of aromatic nitrogens is 4. The lowest BCUT2D eigenvalue weighted by molar-refractivity contribution is -0.115. The monoisotopic (exact) mass is 411 g/mol. The van der Waals surface area contributed by atoms with Crippen molar-refractivity contribution in [3.05, 3.63) is 54.1 Å². The Hall–Kier alpha value is -2.87. The molecular formula is C21H25N5O2S. The van der Waals surface area contributed by atoms with Gasteiger partial charge in [-0.05, 0) is 54.0 Å². The van der Waals surface area contributed by atoms with Crippen molar-refractivity contribution in [2.24, 2.45) is 0 Å². The molecule has 0 saturated carbocycles. The summed E-state index contributed by atoms with van der Waals surface area (Å²) in [6, 6.07) is 15.4. The Morgan fingerprint density at radius 1 is 1.14 bits per heavy atom. The van der Waals surface area contributed by atoms with Gasteiger partial charge in [-0.2, -0.15) is 4.68 Å². The minimum Gasteiger partial charge on any atom is -0.492 e. The number of amides is 1. The number of hydrogen-bond donors (Lipinski definition) is 1. The molecule has 0 aliphatic heterocycles. The topological polar surface area (TPSA) is 81.9 Å². The second-order valence-corrected chi connectivity index (χ2v) is 8.07. The normalized spacial score (nSPS) is 12.0. The van der Waals surface area contributed by atoms with E-state index in [0.717, 1.165) is 16.9 Å². The van der Waals surface area contributed by atoms with Crippen molar-refractivity contribution in [1.29, 1.82) is 0 Å². The minimum absolute atomic E-state index is 0.101. The largest absolute Gasteiger partial charge is 0.492 e. The summed E-state index contributed by atoms with van der Waals surface area (Å²) < 4.78 is 7.28. The van der Waals surface area contributed by atoms with E-state index in [9.17, 15) is 4.79 Å². The summed E-state index contributed by atoms with van der Waals surface area (Å²) in [6.07, 6.45) is 0. The number of anilines is 1. The van der Waals surface area contributed by atoms with E-state index in [-0.39, 0.29) is 11.2 Å². The first-order valence-electron chi connectivity index (χ1n) is 9.58. The van der Waals surface area contributed by atoms with Crippen molar-refractivity contribution in [2.45, 2.75) is 44.0 Å². The predicted molar refractivity (Wildman–Crippen MR) is 115 cm³/mol. The van der Waals surface area contributed by atoms with Crippen molar-refractivity contribution in [1.82, 2.24) is 20.2 Å². The number of nitrogens with zero attached hydrogens (tertiary/aromatic N) is 4. The van der Waals surface area contributed by atoms with Crippen molar-refractivity contribution >= 4 is 23.4 Å². The Morgan fingerprint density at radius 2 is 1.86 bits per heavy atom. The van der Waals surface area contributed by atoms with Gasteiger partial charge in [0.2, 0.25) is 11.1 Å². The lowest BCUT2D eigenvalue weighted by Gasteiger charge is -2.16. The number of thioether (sulfide) groups is 1. The summed E-state index contributed by atoms with van der Waals surface area (Å²) in [5, 5.41) is 15.1. The number of hydrogen-bond acceptors (Lipinski definition) is 6. The van der Waals surface area contributed by atoms with Crippen molar-refractivity contribution in [3.63, 3.8) is 0 Å². The van der Waals surface area contributed by atoms with Crippen LogP contribution in [0.2, 0.25) is 0 Å². The van der Waals surface area contributed by atoms with Crippen molar-refractivity contribution in [3.8, 4) is 11.4 Å². The van der Waals surface area contributed by atoms with Crippen LogP contribution in [0.4, 0.5) is 5.69 Å². The minimum atomic E-state index is -0.390. The van der Waals surface area contributed by atoms with Crippen molar-refractivity contribution in [2.75, 3.05) is 11.9 Å². The fraction of sp³-hybridized carbons (Fsp3) is 0.333. The molecular weight excluding hydrogens is 386 g/mol. The third-order valence-corrected chi connectivity index (χ3v) is 5.36. The number of ether oxygens (including phenoxy) is 1. The summed E-state index contributed by atoms with van der Waals surface area (Å²) >= 11 is 1.30. The molecule has 29 heavy (non-hydrogen) atoms. The molecule has 1 heterocycles. The maximum absolute atomic E-state index is 12.8. The Bertz CT molecular complexity index is 973. The predicted octanol–water partition coefficient (Wildman–Crippen LogP) is 4.30. The van der Waals surface area contributed by atoms with E-state index in [2.05, 4.69) is 34.7 Å². The molecule has 3 rings (SSSR count). The van der Waals surface area contributed by atoms with E-state index < -0.39 is 0 Å². The average Bonchev–Trinajstić information content (AvgIpc) is 3.16.